The summed E-state index contributed by atoms with van der Waals surface area (Å²) in [4.78, 5) is 26.1. The molecule has 0 aliphatic heterocycles. The smallest absolute Gasteiger partial charge is 0.253 e. The predicted octanol–water partition coefficient (Wildman–Crippen LogP) is 4.12. The lowest BCUT2D eigenvalue weighted by molar-refractivity contribution is -0.116. The van der Waals surface area contributed by atoms with Gasteiger partial charge in [0.25, 0.3) is 5.91 Å². The highest BCUT2D eigenvalue weighted by Gasteiger charge is 2.29. The van der Waals surface area contributed by atoms with Crippen molar-refractivity contribution in [2.24, 2.45) is 0 Å². The Morgan fingerprint density at radius 2 is 1.63 bits per heavy atom. The highest BCUT2D eigenvalue weighted by molar-refractivity contribution is 7.92. The first-order chi connectivity index (χ1) is 18.0. The third kappa shape index (κ3) is 7.17. The van der Waals surface area contributed by atoms with E-state index in [0.29, 0.717) is 35.2 Å². The molecule has 11 heteroatoms. The van der Waals surface area contributed by atoms with Gasteiger partial charge in [0.1, 0.15) is 6.04 Å². The number of nitrogens with zero attached hydrogens (tertiary/aromatic N) is 1. The van der Waals surface area contributed by atoms with E-state index in [1.54, 1.807) is 56.7 Å². The number of carbonyl (C=O) groups is 2. The third-order valence-electron chi connectivity index (χ3n) is 5.75. The van der Waals surface area contributed by atoms with Crippen LogP contribution in [-0.4, -0.2) is 53.3 Å². The van der Waals surface area contributed by atoms with Crippen molar-refractivity contribution < 1.29 is 27.5 Å². The summed E-state index contributed by atoms with van der Waals surface area (Å²) in [5.74, 6) is 0.229. The van der Waals surface area contributed by atoms with Crippen molar-refractivity contribution in [1.82, 2.24) is 5.32 Å². The second-order valence-corrected chi connectivity index (χ2v) is 10.7. The molecular formula is C27H30ClN3O6S. The number of methoxy groups -OCH3 is 2. The van der Waals surface area contributed by atoms with Gasteiger partial charge in [0.2, 0.25) is 15.9 Å². The van der Waals surface area contributed by atoms with Crippen LogP contribution < -0.4 is 24.4 Å². The van der Waals surface area contributed by atoms with Crippen molar-refractivity contribution in [3.8, 4) is 11.5 Å². The van der Waals surface area contributed by atoms with E-state index in [-0.39, 0.29) is 17.2 Å². The second kappa shape index (κ2) is 12.7. The highest BCUT2D eigenvalue weighted by atomic mass is 35.5. The van der Waals surface area contributed by atoms with Crippen LogP contribution in [0.2, 0.25) is 5.02 Å². The van der Waals surface area contributed by atoms with Gasteiger partial charge in [-0.3, -0.25) is 13.9 Å². The van der Waals surface area contributed by atoms with Crippen LogP contribution in [-0.2, 0) is 21.2 Å². The van der Waals surface area contributed by atoms with Crippen molar-refractivity contribution in [2.45, 2.75) is 19.4 Å². The maximum atomic E-state index is 13.1. The minimum absolute atomic E-state index is 0.248. The molecule has 0 aliphatic rings. The Hall–Kier alpha value is -3.76. The van der Waals surface area contributed by atoms with Crippen LogP contribution >= 0.6 is 11.6 Å². The molecule has 0 aromatic heterocycles. The maximum absolute atomic E-state index is 13.1. The Bertz CT molecular complexity index is 1400. The predicted molar refractivity (Wildman–Crippen MR) is 149 cm³/mol. The largest absolute Gasteiger partial charge is 0.493 e. The number of halogens is 1. The number of hydrogen-bond acceptors (Lipinski definition) is 6. The minimum Gasteiger partial charge on any atom is -0.493 e. The fourth-order valence-electron chi connectivity index (χ4n) is 3.88. The lowest BCUT2D eigenvalue weighted by Gasteiger charge is -2.28. The lowest BCUT2D eigenvalue weighted by Crippen LogP contribution is -2.45. The van der Waals surface area contributed by atoms with Crippen LogP contribution in [0.3, 0.4) is 0 Å². The average molecular weight is 560 g/mol. The van der Waals surface area contributed by atoms with E-state index in [9.17, 15) is 18.0 Å². The summed E-state index contributed by atoms with van der Waals surface area (Å²) in [6.07, 6.45) is 1.56. The van der Waals surface area contributed by atoms with E-state index in [2.05, 4.69) is 10.6 Å². The summed E-state index contributed by atoms with van der Waals surface area (Å²) >= 11 is 5.93. The van der Waals surface area contributed by atoms with Gasteiger partial charge in [-0.25, -0.2) is 8.42 Å². The number of carbonyl (C=O) groups excluding carboxylic acids is 2. The van der Waals surface area contributed by atoms with Crippen LogP contribution in [0, 0.1) is 0 Å². The van der Waals surface area contributed by atoms with E-state index in [1.165, 1.54) is 19.1 Å². The van der Waals surface area contributed by atoms with Gasteiger partial charge in [-0.15, -0.1) is 0 Å². The molecule has 0 aliphatic carbocycles. The summed E-state index contributed by atoms with van der Waals surface area (Å²) in [6, 6.07) is 17.1. The molecule has 0 saturated carbocycles. The molecule has 0 bridgehead atoms. The van der Waals surface area contributed by atoms with Gasteiger partial charge < -0.3 is 20.1 Å². The highest BCUT2D eigenvalue weighted by Crippen LogP contribution is 2.28. The molecule has 3 aromatic carbocycles. The van der Waals surface area contributed by atoms with E-state index in [1.807, 2.05) is 12.1 Å². The zero-order valence-electron chi connectivity index (χ0n) is 21.5. The zero-order valence-corrected chi connectivity index (χ0v) is 23.1. The molecule has 202 valence electrons. The average Bonchev–Trinajstić information content (AvgIpc) is 2.89. The maximum Gasteiger partial charge on any atom is 0.253 e. The van der Waals surface area contributed by atoms with Gasteiger partial charge in [-0.1, -0.05) is 29.8 Å². The van der Waals surface area contributed by atoms with Crippen LogP contribution in [0.5, 0.6) is 11.5 Å². The first-order valence-corrected chi connectivity index (χ1v) is 13.9. The number of benzene rings is 3. The SMILES string of the molecule is COc1ccc(CCNC(=O)c2ccccc2NC(=O)[C@@H](C)N(c2ccc(Cl)cc2)S(C)(=O)=O)cc1OC. The Morgan fingerprint density at radius 3 is 2.26 bits per heavy atom. The van der Waals surface area contributed by atoms with Crippen LogP contribution in [0.4, 0.5) is 11.4 Å². The molecule has 1 atom stereocenters. The van der Waals surface area contributed by atoms with E-state index in [0.717, 1.165) is 16.1 Å². The molecule has 3 aromatic rings. The number of rotatable bonds is 11. The Morgan fingerprint density at radius 1 is 0.974 bits per heavy atom. The van der Waals surface area contributed by atoms with Gasteiger partial charge in [0.15, 0.2) is 11.5 Å². The van der Waals surface area contributed by atoms with Gasteiger partial charge in [-0.2, -0.15) is 0 Å². The van der Waals surface area contributed by atoms with Gasteiger partial charge in [0, 0.05) is 11.6 Å². The number of amides is 2. The van der Waals surface area contributed by atoms with E-state index >= 15 is 0 Å². The van der Waals surface area contributed by atoms with Crippen LogP contribution in [0.1, 0.15) is 22.8 Å². The molecule has 9 nitrogen and oxygen atoms in total. The normalized spacial score (nSPS) is 11.8. The zero-order chi connectivity index (χ0) is 27.9. The van der Waals surface area contributed by atoms with Crippen molar-refractivity contribution in [1.29, 1.82) is 0 Å². The number of nitrogens with one attached hydrogen (secondary N) is 2. The summed E-state index contributed by atoms with van der Waals surface area (Å²) in [5.41, 5.74) is 1.75. The van der Waals surface area contributed by atoms with Crippen molar-refractivity contribution >= 4 is 44.8 Å². The molecule has 3 rings (SSSR count). The molecule has 0 spiro atoms. The number of ether oxygens (including phenoxy) is 2. The summed E-state index contributed by atoms with van der Waals surface area (Å²) in [6.45, 7) is 1.81. The molecule has 0 heterocycles. The van der Waals surface area contributed by atoms with Gasteiger partial charge >= 0.3 is 0 Å². The Balaban J connectivity index is 1.71. The standard InChI is InChI=1S/C27H30ClN3O6S/c1-18(31(38(4,34)35)21-12-10-20(28)11-13-21)26(32)30-23-8-6-5-7-22(23)27(33)29-16-15-19-9-14-24(36-2)25(17-19)37-3/h5-14,17-18H,15-16H2,1-4H3,(H,29,33)(H,30,32)/t18-/m1/s1. The number of anilines is 2. The first kappa shape index (κ1) is 28.8. The minimum atomic E-state index is -3.81. The van der Waals surface area contributed by atoms with Crippen molar-refractivity contribution in [2.75, 3.05) is 36.6 Å². The molecule has 0 unspecified atom stereocenters. The molecule has 0 fully saturated rings. The fourth-order valence-corrected chi connectivity index (χ4v) is 5.18. The molecule has 0 saturated heterocycles. The second-order valence-electron chi connectivity index (χ2n) is 8.44. The fraction of sp³-hybridized carbons (Fsp3) is 0.259. The quantitative estimate of drug-likeness (QED) is 0.365. The molecular weight excluding hydrogens is 530 g/mol. The lowest BCUT2D eigenvalue weighted by atomic mass is 10.1. The topological polar surface area (TPSA) is 114 Å². The van der Waals surface area contributed by atoms with E-state index < -0.39 is 22.0 Å². The molecule has 2 amide bonds. The van der Waals surface area contributed by atoms with Crippen LogP contribution in [0.25, 0.3) is 0 Å². The Labute approximate surface area is 227 Å². The first-order valence-electron chi connectivity index (χ1n) is 11.7. The monoisotopic (exact) mass is 559 g/mol. The summed E-state index contributed by atoms with van der Waals surface area (Å²) < 4.78 is 36.6. The Kier molecular flexibility index (Phi) is 9.60. The number of para-hydroxylation sites is 1. The number of hydrogen-bond donors (Lipinski definition) is 2. The van der Waals surface area contributed by atoms with Gasteiger partial charge in [-0.05, 0) is 67.4 Å². The molecule has 38 heavy (non-hydrogen) atoms. The number of sulfonamides is 1. The van der Waals surface area contributed by atoms with Crippen molar-refractivity contribution in [3.05, 3.63) is 82.9 Å². The molecule has 2 N–H and O–H groups in total. The third-order valence-corrected chi connectivity index (χ3v) is 7.24. The van der Waals surface area contributed by atoms with E-state index in [4.69, 9.17) is 21.1 Å². The summed E-state index contributed by atoms with van der Waals surface area (Å²) in [5, 5.41) is 5.99. The molecule has 0 radical (unpaired) electrons. The van der Waals surface area contributed by atoms with Crippen molar-refractivity contribution in [3.63, 3.8) is 0 Å². The summed E-state index contributed by atoms with van der Waals surface area (Å²) in [7, 11) is -0.692. The van der Waals surface area contributed by atoms with Gasteiger partial charge in [0.05, 0.1) is 37.4 Å². The van der Waals surface area contributed by atoms with Crippen LogP contribution in [0.15, 0.2) is 66.7 Å².